The molecule has 0 radical (unpaired) electrons. The molecule has 170 valence electrons. The van der Waals surface area contributed by atoms with Crippen molar-refractivity contribution in [3.05, 3.63) is 23.0 Å². The molecular formula is C22H30N2O7. The summed E-state index contributed by atoms with van der Waals surface area (Å²) in [7, 11) is 2.55. The third kappa shape index (κ3) is 3.49. The van der Waals surface area contributed by atoms with Crippen LogP contribution in [0.25, 0.3) is 0 Å². The minimum Gasteiger partial charge on any atom is -0.469 e. The monoisotopic (exact) mass is 435 g/mol. The predicted octanol–water partition coefficient (Wildman–Crippen LogP) is 1.57. The number of aryl methyl sites for hydroxylation is 1. The number of amides is 1. The first-order chi connectivity index (χ1) is 14.9. The number of rotatable bonds is 8. The first-order valence-corrected chi connectivity index (χ1v) is 10.2. The minimum atomic E-state index is -1.35. The van der Waals surface area contributed by atoms with Crippen molar-refractivity contribution >= 4 is 23.8 Å². The van der Waals surface area contributed by atoms with Crippen molar-refractivity contribution < 1.29 is 34.8 Å². The van der Waals surface area contributed by atoms with Gasteiger partial charge in [-0.25, -0.2) is 0 Å². The highest BCUT2D eigenvalue weighted by Crippen LogP contribution is 2.65. The topological polar surface area (TPSA) is 124 Å². The summed E-state index contributed by atoms with van der Waals surface area (Å²) in [6.07, 6.45) is 2.79. The molecule has 31 heavy (non-hydrogen) atoms. The van der Waals surface area contributed by atoms with Gasteiger partial charge in [-0.1, -0.05) is 13.8 Å². The van der Waals surface area contributed by atoms with Crippen LogP contribution in [-0.2, 0) is 52.8 Å². The predicted molar refractivity (Wildman–Crippen MR) is 109 cm³/mol. The van der Waals surface area contributed by atoms with Gasteiger partial charge >= 0.3 is 17.9 Å². The van der Waals surface area contributed by atoms with Crippen molar-refractivity contribution in [1.82, 2.24) is 10.3 Å². The molecule has 1 aliphatic heterocycles. The zero-order valence-electron chi connectivity index (χ0n) is 19.5. The molecule has 1 aliphatic carbocycles. The molecule has 2 aliphatic rings. The number of methoxy groups -OCH3 is 2. The van der Waals surface area contributed by atoms with E-state index in [4.69, 9.17) is 10.8 Å². The molecule has 2 N–H and O–H groups in total. The van der Waals surface area contributed by atoms with Gasteiger partial charge in [0.2, 0.25) is 0 Å². The number of nitrogens with one attached hydrogen (secondary N) is 2. The molecule has 1 amide bonds. The van der Waals surface area contributed by atoms with E-state index in [0.717, 1.165) is 0 Å². The summed E-state index contributed by atoms with van der Waals surface area (Å²) in [5.41, 5.74) is -1.40. The lowest BCUT2D eigenvalue weighted by atomic mass is 9.66. The maximum atomic E-state index is 13.3. The second-order valence-corrected chi connectivity index (χ2v) is 8.83. The molecule has 2 fully saturated rings. The zero-order chi connectivity index (χ0) is 23.9. The molecule has 9 heteroatoms. The average molecular weight is 435 g/mol. The molecule has 3 atom stereocenters. The van der Waals surface area contributed by atoms with Gasteiger partial charge in [-0.05, 0) is 37.3 Å². The van der Waals surface area contributed by atoms with Crippen LogP contribution in [0.4, 0.5) is 0 Å². The van der Waals surface area contributed by atoms with Crippen LogP contribution < -0.4 is 5.32 Å². The lowest BCUT2D eigenvalue weighted by molar-refractivity contribution is -0.168. The number of carbonyl (C=O) groups excluding carboxylic acids is 4. The smallest absolute Gasteiger partial charge is 0.313 e. The molecule has 1 aromatic rings. The molecule has 1 aromatic heterocycles. The molecule has 9 nitrogen and oxygen atoms in total. The van der Waals surface area contributed by atoms with Crippen LogP contribution in [0.15, 0.2) is 6.20 Å². The maximum absolute atomic E-state index is 13.3. The van der Waals surface area contributed by atoms with Gasteiger partial charge in [0.25, 0.3) is 5.91 Å². The molecule has 0 spiro atoms. The lowest BCUT2D eigenvalue weighted by Crippen LogP contribution is -2.53. The van der Waals surface area contributed by atoms with E-state index in [1.54, 1.807) is 6.20 Å². The fourth-order valence-corrected chi connectivity index (χ4v) is 4.63. The average Bonchev–Trinajstić information content (AvgIpc) is 3.28. The molecule has 1 saturated heterocycles. The van der Waals surface area contributed by atoms with E-state index in [-0.39, 0.29) is 12.8 Å². The Bertz CT molecular complexity index is 956. The fraction of sp³-hybridized carbons (Fsp3) is 0.636. The molecular weight excluding hydrogens is 404 g/mol. The number of ether oxygens (including phenoxy) is 3. The molecule has 1 saturated carbocycles. The second-order valence-electron chi connectivity index (χ2n) is 8.83. The molecule has 3 rings (SSSR count). The van der Waals surface area contributed by atoms with Crippen LogP contribution in [0, 0.1) is 10.8 Å². The van der Waals surface area contributed by atoms with Gasteiger partial charge in [-0.3, -0.25) is 19.2 Å². The van der Waals surface area contributed by atoms with E-state index in [1.165, 1.54) is 14.2 Å². The van der Waals surface area contributed by atoms with Crippen LogP contribution >= 0.6 is 0 Å². The van der Waals surface area contributed by atoms with Crippen LogP contribution in [0.5, 0.6) is 0 Å². The Morgan fingerprint density at radius 2 is 1.87 bits per heavy atom. The zero-order valence-corrected chi connectivity index (χ0v) is 18.5. The van der Waals surface area contributed by atoms with Crippen molar-refractivity contribution in [1.29, 1.82) is 0 Å². The van der Waals surface area contributed by atoms with E-state index in [0.29, 0.717) is 36.1 Å². The van der Waals surface area contributed by atoms with Gasteiger partial charge in [0, 0.05) is 23.7 Å². The van der Waals surface area contributed by atoms with Gasteiger partial charge in [0.1, 0.15) is 0 Å². The van der Waals surface area contributed by atoms with Crippen LogP contribution in [0.3, 0.4) is 0 Å². The summed E-state index contributed by atoms with van der Waals surface area (Å²) in [5, 5.41) is 2.65. The normalized spacial score (nSPS) is 27.3. The first-order valence-electron chi connectivity index (χ1n) is 10.8. The van der Waals surface area contributed by atoms with E-state index < -0.39 is 46.8 Å². The molecule has 2 heterocycles. The number of hydrogen-bond acceptors (Lipinski definition) is 7. The van der Waals surface area contributed by atoms with E-state index in [1.807, 2.05) is 20.8 Å². The van der Waals surface area contributed by atoms with Gasteiger partial charge in [0.05, 0.1) is 33.9 Å². The Hall–Kier alpha value is -2.84. The highest BCUT2D eigenvalue weighted by atomic mass is 16.6. The summed E-state index contributed by atoms with van der Waals surface area (Å²) in [6.45, 7) is 4.24. The van der Waals surface area contributed by atoms with E-state index in [9.17, 15) is 19.2 Å². The highest BCUT2D eigenvalue weighted by Gasteiger charge is 2.75. The fourth-order valence-electron chi connectivity index (χ4n) is 4.63. The Morgan fingerprint density at radius 1 is 1.19 bits per heavy atom. The van der Waals surface area contributed by atoms with Gasteiger partial charge in [0.15, 0.2) is 5.60 Å². The maximum Gasteiger partial charge on any atom is 0.313 e. The number of carbonyl (C=O) groups is 4. The number of esters is 3. The summed E-state index contributed by atoms with van der Waals surface area (Å²) >= 11 is 0. The Kier molecular flexibility index (Phi) is 5.53. The lowest BCUT2D eigenvalue weighted by Gasteiger charge is -2.35. The summed E-state index contributed by atoms with van der Waals surface area (Å²) in [6, 6.07) is 0. The van der Waals surface area contributed by atoms with Crippen molar-refractivity contribution in [2.45, 2.75) is 65.0 Å². The van der Waals surface area contributed by atoms with Gasteiger partial charge in [-0.15, -0.1) is 0 Å². The number of fused-ring (bicyclic) bond motifs is 2. The van der Waals surface area contributed by atoms with Crippen LogP contribution in [0.2, 0.25) is 0 Å². The van der Waals surface area contributed by atoms with Crippen molar-refractivity contribution in [3.63, 3.8) is 0 Å². The van der Waals surface area contributed by atoms with Crippen molar-refractivity contribution in [2.24, 2.45) is 10.8 Å². The number of aromatic amines is 1. The van der Waals surface area contributed by atoms with Crippen molar-refractivity contribution in [2.75, 3.05) is 14.2 Å². The Morgan fingerprint density at radius 3 is 2.42 bits per heavy atom. The third-order valence-corrected chi connectivity index (χ3v) is 7.29. The number of hydrogen-bond donors (Lipinski definition) is 2. The summed E-state index contributed by atoms with van der Waals surface area (Å²) < 4.78 is 23.6. The largest absolute Gasteiger partial charge is 0.469 e. The van der Waals surface area contributed by atoms with Gasteiger partial charge < -0.3 is 24.5 Å². The standard InChI is InChI=1S/C22H30N2O7/c1-20(2)21(3)8-9-22(20,31-19(21)28)18(27)24-12-15-14(10-17(26)30-5)13(11-23-15)6-7-16(25)29-4/h11,23H,6-10,12H2,1-5H3,(H,24,27)/t21-,22+/m0/s1/i12D/t12-,21+,22-/m1. The summed E-state index contributed by atoms with van der Waals surface area (Å²) in [5.74, 6) is -1.85. The quantitative estimate of drug-likeness (QED) is 0.469. The minimum absolute atomic E-state index is 0.100. The summed E-state index contributed by atoms with van der Waals surface area (Å²) in [4.78, 5) is 52.2. The van der Waals surface area contributed by atoms with E-state index >= 15 is 0 Å². The Balaban J connectivity index is 1.84. The molecule has 0 unspecified atom stereocenters. The number of aromatic nitrogens is 1. The Labute approximate surface area is 182 Å². The first kappa shape index (κ1) is 21.4. The van der Waals surface area contributed by atoms with Crippen LogP contribution in [-0.4, -0.2) is 48.6 Å². The molecule has 2 bridgehead atoms. The SMILES string of the molecule is [2H][C@@H](NC(=O)[C@@]12CC[C@@](C)(C(=O)O1)C2(C)C)c1[nH]cc(CCC(=O)OC)c1CC(=O)OC. The highest BCUT2D eigenvalue weighted by molar-refractivity contribution is 5.96. The van der Waals surface area contributed by atoms with E-state index in [2.05, 4.69) is 15.0 Å². The van der Waals surface area contributed by atoms with Gasteiger partial charge in [-0.2, -0.15) is 0 Å². The van der Waals surface area contributed by atoms with Crippen LogP contribution in [0.1, 0.15) is 58.2 Å². The van der Waals surface area contributed by atoms with Crippen molar-refractivity contribution in [3.8, 4) is 0 Å². The second kappa shape index (κ2) is 8.01. The molecule has 0 aromatic carbocycles. The third-order valence-electron chi connectivity index (χ3n) is 7.29. The number of H-pyrrole nitrogens is 1.